The van der Waals surface area contributed by atoms with Crippen molar-refractivity contribution in [2.45, 2.75) is 19.3 Å². The van der Waals surface area contributed by atoms with Crippen LogP contribution in [0.3, 0.4) is 0 Å². The molecule has 4 rings (SSSR count). The van der Waals surface area contributed by atoms with Crippen LogP contribution in [-0.4, -0.2) is 41.0 Å². The third kappa shape index (κ3) is 5.68. The number of rotatable bonds is 7. The predicted octanol–water partition coefficient (Wildman–Crippen LogP) is 5.44. The number of piperidine rings is 1. The summed E-state index contributed by atoms with van der Waals surface area (Å²) in [6, 6.07) is 18.0. The van der Waals surface area contributed by atoms with Gasteiger partial charge in [-0.15, -0.1) is 0 Å². The first-order valence-corrected chi connectivity index (χ1v) is 10.6. The van der Waals surface area contributed by atoms with Crippen molar-refractivity contribution in [3.8, 4) is 11.1 Å². The molecule has 0 unspecified atom stereocenters. The Labute approximate surface area is 177 Å². The fourth-order valence-electron chi connectivity index (χ4n) is 3.56. The molecule has 1 aromatic heterocycles. The zero-order valence-corrected chi connectivity index (χ0v) is 17.2. The van der Waals surface area contributed by atoms with E-state index in [0.29, 0.717) is 5.95 Å². The maximum absolute atomic E-state index is 5.97. The predicted molar refractivity (Wildman–Crippen MR) is 121 cm³/mol. The minimum absolute atomic E-state index is 0.657. The van der Waals surface area contributed by atoms with Crippen molar-refractivity contribution in [2.75, 3.05) is 36.8 Å². The first-order chi connectivity index (χ1) is 14.3. The van der Waals surface area contributed by atoms with Crippen molar-refractivity contribution in [2.24, 2.45) is 0 Å². The molecule has 150 valence electrons. The minimum atomic E-state index is 0.657. The fraction of sp³-hybridized carbons (Fsp3) is 0.304. The van der Waals surface area contributed by atoms with Crippen LogP contribution in [0.15, 0.2) is 60.8 Å². The van der Waals surface area contributed by atoms with Gasteiger partial charge in [-0.05, 0) is 67.4 Å². The van der Waals surface area contributed by atoms with Crippen LogP contribution >= 0.6 is 11.6 Å². The summed E-state index contributed by atoms with van der Waals surface area (Å²) < 4.78 is 0. The van der Waals surface area contributed by atoms with E-state index in [-0.39, 0.29) is 0 Å². The quantitative estimate of drug-likeness (QED) is 0.546. The number of nitrogens with zero attached hydrogens (tertiary/aromatic N) is 3. The minimum Gasteiger partial charge on any atom is -0.353 e. The summed E-state index contributed by atoms with van der Waals surface area (Å²) in [6.45, 7) is 4.30. The number of nitrogens with one attached hydrogen (secondary N) is 2. The molecule has 1 fully saturated rings. The highest BCUT2D eigenvalue weighted by molar-refractivity contribution is 6.30. The van der Waals surface area contributed by atoms with Gasteiger partial charge in [-0.1, -0.05) is 42.3 Å². The van der Waals surface area contributed by atoms with Crippen molar-refractivity contribution in [3.05, 3.63) is 65.8 Å². The second-order valence-electron chi connectivity index (χ2n) is 7.30. The highest BCUT2D eigenvalue weighted by atomic mass is 35.5. The van der Waals surface area contributed by atoms with Gasteiger partial charge in [0.15, 0.2) is 0 Å². The number of hydrogen-bond donors (Lipinski definition) is 2. The Kier molecular flexibility index (Phi) is 6.60. The van der Waals surface area contributed by atoms with Gasteiger partial charge in [-0.25, -0.2) is 4.98 Å². The Morgan fingerprint density at radius 3 is 2.28 bits per heavy atom. The number of hydrogen-bond acceptors (Lipinski definition) is 5. The molecule has 0 radical (unpaired) electrons. The third-order valence-corrected chi connectivity index (χ3v) is 5.40. The highest BCUT2D eigenvalue weighted by Gasteiger charge is 2.09. The van der Waals surface area contributed by atoms with Crippen LogP contribution in [0.25, 0.3) is 11.1 Å². The molecule has 0 spiro atoms. The lowest BCUT2D eigenvalue weighted by Gasteiger charge is -2.26. The summed E-state index contributed by atoms with van der Waals surface area (Å²) in [5.41, 5.74) is 3.28. The molecule has 2 aromatic carbocycles. The zero-order chi connectivity index (χ0) is 19.9. The Morgan fingerprint density at radius 1 is 0.862 bits per heavy atom. The van der Waals surface area contributed by atoms with Gasteiger partial charge in [0.05, 0.1) is 0 Å². The Hall–Kier alpha value is -2.63. The van der Waals surface area contributed by atoms with Gasteiger partial charge in [-0.2, -0.15) is 4.98 Å². The van der Waals surface area contributed by atoms with Gasteiger partial charge >= 0.3 is 0 Å². The molecule has 3 aromatic rings. The van der Waals surface area contributed by atoms with Crippen molar-refractivity contribution < 1.29 is 0 Å². The van der Waals surface area contributed by atoms with Gasteiger partial charge in [0, 0.05) is 30.0 Å². The monoisotopic (exact) mass is 407 g/mol. The van der Waals surface area contributed by atoms with E-state index in [1.54, 1.807) is 6.20 Å². The second-order valence-corrected chi connectivity index (χ2v) is 7.74. The molecule has 2 N–H and O–H groups in total. The first kappa shape index (κ1) is 19.7. The van der Waals surface area contributed by atoms with E-state index < -0.39 is 0 Å². The molecular formula is C23H26ClN5. The second kappa shape index (κ2) is 9.72. The van der Waals surface area contributed by atoms with Crippen LogP contribution < -0.4 is 10.6 Å². The van der Waals surface area contributed by atoms with Gasteiger partial charge in [0.25, 0.3) is 0 Å². The van der Waals surface area contributed by atoms with E-state index in [9.17, 15) is 0 Å². The molecule has 29 heavy (non-hydrogen) atoms. The van der Waals surface area contributed by atoms with Crippen LogP contribution in [0.2, 0.25) is 5.02 Å². The third-order valence-electron chi connectivity index (χ3n) is 5.15. The maximum atomic E-state index is 5.97. The van der Waals surface area contributed by atoms with Crippen LogP contribution in [0, 0.1) is 0 Å². The molecule has 1 saturated heterocycles. The normalized spacial score (nSPS) is 14.5. The molecular weight excluding hydrogens is 382 g/mol. The largest absolute Gasteiger partial charge is 0.353 e. The van der Waals surface area contributed by atoms with E-state index >= 15 is 0 Å². The summed E-state index contributed by atoms with van der Waals surface area (Å²) in [4.78, 5) is 11.4. The van der Waals surface area contributed by atoms with Crippen molar-refractivity contribution in [1.29, 1.82) is 0 Å². The Bertz CT molecular complexity index is 905. The van der Waals surface area contributed by atoms with E-state index in [0.717, 1.165) is 40.7 Å². The lowest BCUT2D eigenvalue weighted by molar-refractivity contribution is 0.237. The summed E-state index contributed by atoms with van der Waals surface area (Å²) in [6.07, 6.45) is 5.77. The summed E-state index contributed by atoms with van der Waals surface area (Å²) in [5.74, 6) is 1.43. The molecule has 0 bridgehead atoms. The van der Waals surface area contributed by atoms with Crippen LogP contribution in [0.1, 0.15) is 19.3 Å². The molecule has 0 amide bonds. The lowest BCUT2D eigenvalue weighted by Crippen LogP contribution is -2.33. The van der Waals surface area contributed by atoms with Crippen molar-refractivity contribution in [3.63, 3.8) is 0 Å². The Balaban J connectivity index is 1.33. The lowest BCUT2D eigenvalue weighted by atomic mass is 10.1. The molecule has 0 saturated carbocycles. The maximum Gasteiger partial charge on any atom is 0.224 e. The summed E-state index contributed by atoms with van der Waals surface area (Å²) in [5, 5.41) is 7.43. The number of aromatic nitrogens is 2. The van der Waals surface area contributed by atoms with E-state index in [2.05, 4.69) is 49.8 Å². The van der Waals surface area contributed by atoms with E-state index in [1.807, 2.05) is 30.3 Å². The van der Waals surface area contributed by atoms with Gasteiger partial charge in [0.2, 0.25) is 5.95 Å². The topological polar surface area (TPSA) is 53.1 Å². The number of halogens is 1. The molecule has 1 aliphatic rings. The number of likely N-dealkylation sites (tertiary alicyclic amines) is 1. The number of anilines is 3. The van der Waals surface area contributed by atoms with Crippen LogP contribution in [0.4, 0.5) is 17.5 Å². The zero-order valence-electron chi connectivity index (χ0n) is 16.4. The average Bonchev–Trinajstić information content (AvgIpc) is 2.76. The average molecular weight is 408 g/mol. The fourth-order valence-corrected chi connectivity index (χ4v) is 3.68. The molecule has 5 nitrogen and oxygen atoms in total. The smallest absolute Gasteiger partial charge is 0.224 e. The standard InChI is InChI=1S/C23H26ClN5/c24-20-8-4-18(5-9-20)19-6-10-21(11-7-19)27-22-12-13-25-23(28-22)26-14-17-29-15-2-1-3-16-29/h4-13H,1-3,14-17H2,(H2,25,26,27,28). The number of benzene rings is 2. The molecule has 0 aliphatic carbocycles. The Morgan fingerprint density at radius 2 is 1.55 bits per heavy atom. The SMILES string of the molecule is Clc1ccc(-c2ccc(Nc3ccnc(NCCN4CCCCC4)n3)cc2)cc1. The van der Waals surface area contributed by atoms with Crippen molar-refractivity contribution >= 4 is 29.1 Å². The van der Waals surface area contributed by atoms with Crippen LogP contribution in [0.5, 0.6) is 0 Å². The molecule has 0 atom stereocenters. The van der Waals surface area contributed by atoms with Gasteiger partial charge in [-0.3, -0.25) is 0 Å². The molecule has 6 heteroatoms. The van der Waals surface area contributed by atoms with Gasteiger partial charge in [0.1, 0.15) is 5.82 Å². The molecule has 1 aliphatic heterocycles. The van der Waals surface area contributed by atoms with E-state index in [1.165, 1.54) is 32.4 Å². The van der Waals surface area contributed by atoms with Gasteiger partial charge < -0.3 is 15.5 Å². The van der Waals surface area contributed by atoms with E-state index in [4.69, 9.17) is 11.6 Å². The first-order valence-electron chi connectivity index (χ1n) is 10.2. The summed E-state index contributed by atoms with van der Waals surface area (Å²) >= 11 is 5.97. The van der Waals surface area contributed by atoms with Crippen LogP contribution in [-0.2, 0) is 0 Å². The molecule has 2 heterocycles. The van der Waals surface area contributed by atoms with Crippen molar-refractivity contribution in [1.82, 2.24) is 14.9 Å². The highest BCUT2D eigenvalue weighted by Crippen LogP contribution is 2.24. The summed E-state index contributed by atoms with van der Waals surface area (Å²) in [7, 11) is 0.